The van der Waals surface area contributed by atoms with E-state index in [2.05, 4.69) is 4.98 Å². The lowest BCUT2D eigenvalue weighted by molar-refractivity contribution is 0.150. The third kappa shape index (κ3) is 1.91. The van der Waals surface area contributed by atoms with E-state index >= 15 is 0 Å². The molecule has 0 atom stereocenters. The van der Waals surface area contributed by atoms with Gasteiger partial charge < -0.3 is 4.74 Å². The number of ether oxygens (including phenoxy) is 1. The monoisotopic (exact) mass is 218 g/mol. The summed E-state index contributed by atoms with van der Waals surface area (Å²) in [5.74, 6) is 0.0287. The van der Waals surface area contributed by atoms with Crippen molar-refractivity contribution in [3.05, 3.63) is 22.5 Å². The fourth-order valence-electron chi connectivity index (χ4n) is 0.886. The maximum atomic E-state index is 12.4. The molecule has 1 aromatic rings. The van der Waals surface area contributed by atoms with E-state index in [1.54, 1.807) is 0 Å². The zero-order valence-corrected chi connectivity index (χ0v) is 7.85. The fourth-order valence-corrected chi connectivity index (χ4v) is 1.10. The predicted octanol–water partition coefficient (Wildman–Crippen LogP) is 2.55. The van der Waals surface area contributed by atoms with E-state index in [-0.39, 0.29) is 16.6 Å². The molecular formula is C8H5ClF2N2O. The number of nitriles is 1. The summed E-state index contributed by atoms with van der Waals surface area (Å²) in [6.45, 7) is 0. The molecule has 0 amide bonds. The molecule has 14 heavy (non-hydrogen) atoms. The molecular weight excluding hydrogens is 214 g/mol. The molecule has 0 spiro atoms. The quantitative estimate of drug-likeness (QED) is 0.717. The van der Waals surface area contributed by atoms with Crippen LogP contribution in [0.1, 0.15) is 17.7 Å². The van der Waals surface area contributed by atoms with Crippen LogP contribution in [-0.4, -0.2) is 12.1 Å². The first-order valence-corrected chi connectivity index (χ1v) is 3.90. The molecule has 1 heterocycles. The highest BCUT2D eigenvalue weighted by atomic mass is 35.5. The van der Waals surface area contributed by atoms with E-state index in [9.17, 15) is 8.78 Å². The van der Waals surface area contributed by atoms with Gasteiger partial charge in [-0.05, 0) is 6.07 Å². The standard InChI is InChI=1S/C8H5ClF2N2O/c1-14-6-2-4(8(10)11)5(3-12)13-7(6)9/h2,8H,1H3. The smallest absolute Gasteiger partial charge is 0.266 e. The van der Waals surface area contributed by atoms with Gasteiger partial charge in [0.05, 0.1) is 12.7 Å². The van der Waals surface area contributed by atoms with Crippen molar-refractivity contribution < 1.29 is 13.5 Å². The van der Waals surface area contributed by atoms with Crippen LogP contribution in [-0.2, 0) is 0 Å². The molecule has 1 rings (SSSR count). The zero-order chi connectivity index (χ0) is 10.7. The van der Waals surface area contributed by atoms with Crippen molar-refractivity contribution >= 4 is 11.6 Å². The summed E-state index contributed by atoms with van der Waals surface area (Å²) in [6.07, 6.45) is -2.77. The summed E-state index contributed by atoms with van der Waals surface area (Å²) in [7, 11) is 1.28. The van der Waals surface area contributed by atoms with Crippen LogP contribution in [0.2, 0.25) is 5.15 Å². The van der Waals surface area contributed by atoms with Crippen molar-refractivity contribution in [2.75, 3.05) is 7.11 Å². The van der Waals surface area contributed by atoms with Gasteiger partial charge in [-0.3, -0.25) is 0 Å². The normalized spacial score (nSPS) is 10.0. The Hall–Kier alpha value is -1.41. The van der Waals surface area contributed by atoms with Crippen LogP contribution >= 0.6 is 11.6 Å². The summed E-state index contributed by atoms with van der Waals surface area (Å²) in [5, 5.41) is 8.41. The Balaban J connectivity index is 3.34. The molecule has 0 radical (unpaired) electrons. The number of hydrogen-bond donors (Lipinski definition) is 0. The number of halogens is 3. The topological polar surface area (TPSA) is 45.9 Å². The van der Waals surface area contributed by atoms with Crippen molar-refractivity contribution in [1.29, 1.82) is 5.26 Å². The molecule has 0 N–H and O–H groups in total. The molecule has 6 heteroatoms. The van der Waals surface area contributed by atoms with Gasteiger partial charge in [-0.1, -0.05) is 11.6 Å². The first-order chi connectivity index (χ1) is 6.60. The van der Waals surface area contributed by atoms with Gasteiger partial charge >= 0.3 is 0 Å². The van der Waals surface area contributed by atoms with Crippen LogP contribution in [0.3, 0.4) is 0 Å². The number of hydrogen-bond acceptors (Lipinski definition) is 3. The van der Waals surface area contributed by atoms with E-state index in [4.69, 9.17) is 21.6 Å². The lowest BCUT2D eigenvalue weighted by Gasteiger charge is -2.06. The highest BCUT2D eigenvalue weighted by Gasteiger charge is 2.17. The molecule has 0 saturated carbocycles. The molecule has 0 unspecified atom stereocenters. The van der Waals surface area contributed by atoms with Gasteiger partial charge in [-0.25, -0.2) is 13.8 Å². The number of alkyl halides is 2. The minimum atomic E-state index is -2.77. The lowest BCUT2D eigenvalue weighted by atomic mass is 10.2. The Morgan fingerprint density at radius 3 is 2.71 bits per heavy atom. The largest absolute Gasteiger partial charge is 0.494 e. The molecule has 0 aromatic carbocycles. The molecule has 0 aliphatic heterocycles. The third-order valence-electron chi connectivity index (χ3n) is 1.53. The molecule has 0 bridgehead atoms. The zero-order valence-electron chi connectivity index (χ0n) is 7.09. The Kier molecular flexibility index (Phi) is 3.20. The van der Waals surface area contributed by atoms with Crippen LogP contribution in [0.25, 0.3) is 0 Å². The van der Waals surface area contributed by atoms with Gasteiger partial charge in [0.1, 0.15) is 6.07 Å². The maximum absolute atomic E-state index is 12.4. The van der Waals surface area contributed by atoms with Crippen molar-refractivity contribution in [1.82, 2.24) is 4.98 Å². The first kappa shape index (κ1) is 10.7. The summed E-state index contributed by atoms with van der Waals surface area (Å²) in [4.78, 5) is 3.48. The maximum Gasteiger partial charge on any atom is 0.266 e. The van der Waals surface area contributed by atoms with Crippen LogP contribution in [0.4, 0.5) is 8.78 Å². The minimum absolute atomic E-state index is 0.0287. The molecule has 0 saturated heterocycles. The molecule has 1 aromatic heterocycles. The molecule has 0 aliphatic carbocycles. The Bertz CT molecular complexity index is 390. The van der Waals surface area contributed by atoms with Crippen molar-refractivity contribution in [2.24, 2.45) is 0 Å². The van der Waals surface area contributed by atoms with E-state index in [0.717, 1.165) is 6.07 Å². The lowest BCUT2D eigenvalue weighted by Crippen LogP contribution is -1.97. The fraction of sp³-hybridized carbons (Fsp3) is 0.250. The summed E-state index contributed by atoms with van der Waals surface area (Å²) < 4.78 is 29.4. The average molecular weight is 219 g/mol. The number of nitrogens with zero attached hydrogens (tertiary/aromatic N) is 2. The second-order valence-electron chi connectivity index (χ2n) is 2.33. The second kappa shape index (κ2) is 4.20. The number of rotatable bonds is 2. The van der Waals surface area contributed by atoms with Crippen LogP contribution in [0.15, 0.2) is 6.07 Å². The predicted molar refractivity (Wildman–Crippen MR) is 45.5 cm³/mol. The van der Waals surface area contributed by atoms with Crippen LogP contribution < -0.4 is 4.74 Å². The summed E-state index contributed by atoms with van der Waals surface area (Å²) in [6, 6.07) is 2.55. The molecule has 74 valence electrons. The van der Waals surface area contributed by atoms with Crippen LogP contribution in [0, 0.1) is 11.3 Å². The highest BCUT2D eigenvalue weighted by molar-refractivity contribution is 6.30. The number of methoxy groups -OCH3 is 1. The molecule has 0 fully saturated rings. The van der Waals surface area contributed by atoms with Gasteiger partial charge in [0.15, 0.2) is 16.6 Å². The Morgan fingerprint density at radius 1 is 1.64 bits per heavy atom. The first-order valence-electron chi connectivity index (χ1n) is 3.52. The van der Waals surface area contributed by atoms with Gasteiger partial charge in [0, 0.05) is 0 Å². The number of pyridine rings is 1. The van der Waals surface area contributed by atoms with Crippen LogP contribution in [0.5, 0.6) is 5.75 Å². The van der Waals surface area contributed by atoms with E-state index in [1.165, 1.54) is 13.2 Å². The van der Waals surface area contributed by atoms with Gasteiger partial charge in [-0.15, -0.1) is 0 Å². The molecule has 0 aliphatic rings. The SMILES string of the molecule is COc1cc(C(F)F)c(C#N)nc1Cl. The van der Waals surface area contributed by atoms with E-state index in [1.807, 2.05) is 0 Å². The van der Waals surface area contributed by atoms with Crippen molar-refractivity contribution in [3.8, 4) is 11.8 Å². The Morgan fingerprint density at radius 2 is 2.29 bits per heavy atom. The number of aromatic nitrogens is 1. The highest BCUT2D eigenvalue weighted by Crippen LogP contribution is 2.30. The van der Waals surface area contributed by atoms with Gasteiger partial charge in [0.25, 0.3) is 6.43 Å². The second-order valence-corrected chi connectivity index (χ2v) is 2.69. The van der Waals surface area contributed by atoms with E-state index in [0.29, 0.717) is 0 Å². The Labute approximate surface area is 83.9 Å². The van der Waals surface area contributed by atoms with E-state index < -0.39 is 12.0 Å². The average Bonchev–Trinajstić information content (AvgIpc) is 2.16. The summed E-state index contributed by atoms with van der Waals surface area (Å²) in [5.41, 5.74) is -0.862. The third-order valence-corrected chi connectivity index (χ3v) is 1.81. The summed E-state index contributed by atoms with van der Waals surface area (Å²) >= 11 is 5.55. The minimum Gasteiger partial charge on any atom is -0.494 e. The van der Waals surface area contributed by atoms with Crippen molar-refractivity contribution in [3.63, 3.8) is 0 Å². The van der Waals surface area contributed by atoms with Crippen molar-refractivity contribution in [2.45, 2.75) is 6.43 Å². The van der Waals surface area contributed by atoms with Gasteiger partial charge in [0.2, 0.25) is 0 Å². The van der Waals surface area contributed by atoms with Gasteiger partial charge in [-0.2, -0.15) is 5.26 Å². The molecule has 3 nitrogen and oxygen atoms in total.